The largest absolute Gasteiger partial charge is 0.455 e. The number of anilines is 1. The molecule has 0 aliphatic rings. The molecule has 0 saturated carbocycles. The molecule has 0 heterocycles. The molecule has 0 saturated heterocycles. The van der Waals surface area contributed by atoms with Crippen LogP contribution in [0.25, 0.3) is 0 Å². The zero-order valence-electron chi connectivity index (χ0n) is 10.00. The highest BCUT2D eigenvalue weighted by molar-refractivity contribution is 6.42. The molecule has 0 aromatic heterocycles. The molecule has 1 amide bonds. The predicted molar refractivity (Wildman–Crippen MR) is 70.9 cm³/mol. The highest BCUT2D eigenvalue weighted by Gasteiger charge is 2.11. The quantitative estimate of drug-likeness (QED) is 0.867. The lowest BCUT2D eigenvalue weighted by atomic mass is 10.2. The number of benzene rings is 1. The third-order valence-corrected chi connectivity index (χ3v) is 2.76. The Morgan fingerprint density at radius 2 is 1.94 bits per heavy atom. The lowest BCUT2D eigenvalue weighted by Gasteiger charge is -2.08. The van der Waals surface area contributed by atoms with Gasteiger partial charge in [-0.25, -0.2) is 0 Å². The van der Waals surface area contributed by atoms with E-state index in [1.807, 2.05) is 0 Å². The Balaban J connectivity index is 2.49. The van der Waals surface area contributed by atoms with E-state index >= 15 is 0 Å². The molecule has 1 aromatic carbocycles. The van der Waals surface area contributed by atoms with Crippen LogP contribution in [0.15, 0.2) is 18.2 Å². The summed E-state index contributed by atoms with van der Waals surface area (Å²) in [7, 11) is 0. The molecule has 0 fully saturated rings. The molecule has 0 aliphatic carbocycles. The second-order valence-electron chi connectivity index (χ2n) is 3.94. The van der Waals surface area contributed by atoms with E-state index in [0.717, 1.165) is 0 Å². The summed E-state index contributed by atoms with van der Waals surface area (Å²) < 4.78 is 4.78. The predicted octanol–water partition coefficient (Wildman–Crippen LogP) is 3.13. The first kappa shape index (κ1) is 14.8. The normalized spacial score (nSPS) is 10.3. The van der Waals surface area contributed by atoms with Crippen molar-refractivity contribution in [2.75, 3.05) is 11.9 Å². The average Bonchev–Trinajstić information content (AvgIpc) is 2.30. The van der Waals surface area contributed by atoms with Gasteiger partial charge in [-0.2, -0.15) is 0 Å². The molecule has 1 N–H and O–H groups in total. The van der Waals surface area contributed by atoms with Crippen LogP contribution in [0.1, 0.15) is 13.8 Å². The fourth-order valence-electron chi connectivity index (χ4n) is 1.07. The highest BCUT2D eigenvalue weighted by Crippen LogP contribution is 2.24. The van der Waals surface area contributed by atoms with Crippen LogP contribution in [0.4, 0.5) is 5.69 Å². The number of hydrogen-bond acceptors (Lipinski definition) is 3. The van der Waals surface area contributed by atoms with Gasteiger partial charge in [-0.15, -0.1) is 0 Å². The third-order valence-electron chi connectivity index (χ3n) is 2.02. The summed E-state index contributed by atoms with van der Waals surface area (Å²) in [6, 6.07) is 4.70. The van der Waals surface area contributed by atoms with Gasteiger partial charge in [-0.1, -0.05) is 37.0 Å². The minimum absolute atomic E-state index is 0.261. The topological polar surface area (TPSA) is 55.4 Å². The minimum atomic E-state index is -0.428. The van der Waals surface area contributed by atoms with Crippen LogP contribution in [0.3, 0.4) is 0 Å². The van der Waals surface area contributed by atoms with Gasteiger partial charge in [0.15, 0.2) is 6.61 Å². The molecule has 0 spiro atoms. The number of carbonyl (C=O) groups excluding carboxylic acids is 2. The molecule has 4 nitrogen and oxygen atoms in total. The molecule has 0 radical (unpaired) electrons. The van der Waals surface area contributed by atoms with Gasteiger partial charge in [0.05, 0.1) is 16.0 Å². The van der Waals surface area contributed by atoms with Gasteiger partial charge >= 0.3 is 5.97 Å². The van der Waals surface area contributed by atoms with Crippen LogP contribution >= 0.6 is 23.2 Å². The molecule has 0 bridgehead atoms. The van der Waals surface area contributed by atoms with Crippen molar-refractivity contribution in [3.63, 3.8) is 0 Å². The summed E-state index contributed by atoms with van der Waals surface area (Å²) in [5, 5.41) is 3.29. The van der Waals surface area contributed by atoms with E-state index in [-0.39, 0.29) is 12.5 Å². The Kier molecular flexibility index (Phi) is 5.44. The Morgan fingerprint density at radius 1 is 1.28 bits per heavy atom. The number of halogens is 2. The number of amides is 1. The van der Waals surface area contributed by atoms with Crippen molar-refractivity contribution >= 4 is 40.8 Å². The van der Waals surface area contributed by atoms with Crippen molar-refractivity contribution in [2.24, 2.45) is 5.92 Å². The van der Waals surface area contributed by atoms with Crippen molar-refractivity contribution in [1.82, 2.24) is 0 Å². The highest BCUT2D eigenvalue weighted by atomic mass is 35.5. The van der Waals surface area contributed by atoms with Crippen molar-refractivity contribution in [3.8, 4) is 0 Å². The standard InChI is InChI=1S/C12H13Cl2NO3/c1-7(2)12(17)18-6-11(16)15-8-3-4-9(13)10(14)5-8/h3-5,7H,6H2,1-2H3,(H,15,16). The summed E-state index contributed by atoms with van der Waals surface area (Å²) >= 11 is 11.5. The maximum absolute atomic E-state index is 11.5. The van der Waals surface area contributed by atoms with Crippen molar-refractivity contribution < 1.29 is 14.3 Å². The molecule has 98 valence electrons. The zero-order chi connectivity index (χ0) is 13.7. The van der Waals surface area contributed by atoms with Crippen LogP contribution in [-0.2, 0) is 14.3 Å². The zero-order valence-corrected chi connectivity index (χ0v) is 11.5. The molecule has 18 heavy (non-hydrogen) atoms. The van der Waals surface area contributed by atoms with E-state index < -0.39 is 11.9 Å². The molecule has 0 unspecified atom stereocenters. The first-order valence-electron chi connectivity index (χ1n) is 5.31. The van der Waals surface area contributed by atoms with Gasteiger partial charge in [0.25, 0.3) is 5.91 Å². The number of ether oxygens (including phenoxy) is 1. The molecule has 1 rings (SSSR count). The number of hydrogen-bond donors (Lipinski definition) is 1. The lowest BCUT2D eigenvalue weighted by molar-refractivity contribution is -0.150. The first-order valence-corrected chi connectivity index (χ1v) is 6.07. The first-order chi connectivity index (χ1) is 8.40. The van der Waals surface area contributed by atoms with Crippen molar-refractivity contribution in [2.45, 2.75) is 13.8 Å². The smallest absolute Gasteiger partial charge is 0.308 e. The van der Waals surface area contributed by atoms with E-state index in [1.54, 1.807) is 26.0 Å². The SMILES string of the molecule is CC(C)C(=O)OCC(=O)Nc1ccc(Cl)c(Cl)c1. The maximum atomic E-state index is 11.5. The molecule has 6 heteroatoms. The Labute approximate surface area is 115 Å². The Morgan fingerprint density at radius 3 is 2.50 bits per heavy atom. The summed E-state index contributed by atoms with van der Waals surface area (Å²) in [5.41, 5.74) is 0.495. The number of carbonyl (C=O) groups is 2. The van der Waals surface area contributed by atoms with Gasteiger partial charge in [-0.3, -0.25) is 9.59 Å². The van der Waals surface area contributed by atoms with Crippen LogP contribution < -0.4 is 5.32 Å². The van der Waals surface area contributed by atoms with E-state index in [0.29, 0.717) is 15.7 Å². The van der Waals surface area contributed by atoms with Crippen LogP contribution in [0, 0.1) is 5.92 Å². The summed E-state index contributed by atoms with van der Waals surface area (Å²) in [6.45, 7) is 3.07. The third kappa shape index (κ3) is 4.55. The Hall–Kier alpha value is -1.26. The Bertz CT molecular complexity index is 461. The van der Waals surface area contributed by atoms with Gasteiger partial charge in [0.2, 0.25) is 0 Å². The van der Waals surface area contributed by atoms with Gasteiger partial charge < -0.3 is 10.1 Å². The second-order valence-corrected chi connectivity index (χ2v) is 4.75. The van der Waals surface area contributed by atoms with Crippen LogP contribution in [-0.4, -0.2) is 18.5 Å². The minimum Gasteiger partial charge on any atom is -0.455 e. The van der Waals surface area contributed by atoms with E-state index in [1.165, 1.54) is 6.07 Å². The molecule has 0 atom stereocenters. The average molecular weight is 290 g/mol. The summed E-state index contributed by atoms with van der Waals surface area (Å²) in [6.07, 6.45) is 0. The molecule has 0 aliphatic heterocycles. The summed E-state index contributed by atoms with van der Waals surface area (Å²) in [5.74, 6) is -1.11. The monoisotopic (exact) mass is 289 g/mol. The van der Waals surface area contributed by atoms with Gasteiger partial charge in [0.1, 0.15) is 0 Å². The number of rotatable bonds is 4. The lowest BCUT2D eigenvalue weighted by Crippen LogP contribution is -2.22. The maximum Gasteiger partial charge on any atom is 0.308 e. The van der Waals surface area contributed by atoms with E-state index in [4.69, 9.17) is 27.9 Å². The molecular formula is C12H13Cl2NO3. The summed E-state index contributed by atoms with van der Waals surface area (Å²) in [4.78, 5) is 22.6. The van der Waals surface area contributed by atoms with E-state index in [2.05, 4.69) is 5.32 Å². The van der Waals surface area contributed by atoms with Gasteiger partial charge in [-0.05, 0) is 18.2 Å². The fourth-order valence-corrected chi connectivity index (χ4v) is 1.37. The molecular weight excluding hydrogens is 277 g/mol. The second kappa shape index (κ2) is 6.61. The fraction of sp³-hybridized carbons (Fsp3) is 0.333. The molecule has 1 aromatic rings. The number of nitrogens with one attached hydrogen (secondary N) is 1. The van der Waals surface area contributed by atoms with Crippen LogP contribution in [0.5, 0.6) is 0 Å². The van der Waals surface area contributed by atoms with Crippen LogP contribution in [0.2, 0.25) is 10.0 Å². The number of esters is 1. The van der Waals surface area contributed by atoms with E-state index in [9.17, 15) is 9.59 Å². The van der Waals surface area contributed by atoms with Crippen molar-refractivity contribution in [3.05, 3.63) is 28.2 Å². The van der Waals surface area contributed by atoms with Gasteiger partial charge in [0, 0.05) is 5.69 Å². The van der Waals surface area contributed by atoms with Crippen molar-refractivity contribution in [1.29, 1.82) is 0 Å².